The summed E-state index contributed by atoms with van der Waals surface area (Å²) in [4.78, 5) is 4.48. The molecule has 19 heavy (non-hydrogen) atoms. The van der Waals surface area contributed by atoms with Crippen LogP contribution in [-0.4, -0.2) is 30.9 Å². The van der Waals surface area contributed by atoms with Gasteiger partial charge in [-0.15, -0.1) is 0 Å². The third kappa shape index (κ3) is 3.01. The molecule has 2 aromatic rings. The van der Waals surface area contributed by atoms with Gasteiger partial charge in [-0.2, -0.15) is 0 Å². The lowest BCUT2D eigenvalue weighted by atomic mass is 10.2. The Morgan fingerprint density at radius 3 is 2.79 bits per heavy atom. The highest BCUT2D eigenvalue weighted by Gasteiger charge is 2.24. The lowest BCUT2D eigenvalue weighted by molar-refractivity contribution is 0.559. The highest BCUT2D eigenvalue weighted by atomic mass is 35.5. The van der Waals surface area contributed by atoms with Crippen LogP contribution in [0.1, 0.15) is 12.8 Å². The van der Waals surface area contributed by atoms with Crippen LogP contribution < -0.4 is 5.32 Å². The molecule has 1 fully saturated rings. The smallest absolute Gasteiger partial charge is 0.184 e. The summed E-state index contributed by atoms with van der Waals surface area (Å²) in [5.41, 5.74) is 0.878. The molecule has 102 valence electrons. The minimum absolute atomic E-state index is 0.194. The topological polar surface area (TPSA) is 59.1 Å². The van der Waals surface area contributed by atoms with Crippen LogP contribution in [0.15, 0.2) is 18.2 Å². The van der Waals surface area contributed by atoms with Crippen LogP contribution in [0.5, 0.6) is 0 Å². The van der Waals surface area contributed by atoms with Gasteiger partial charge in [0.15, 0.2) is 5.13 Å². The van der Waals surface area contributed by atoms with E-state index in [1.165, 1.54) is 0 Å². The van der Waals surface area contributed by atoms with Crippen LogP contribution in [0.3, 0.4) is 0 Å². The second-order valence-electron chi connectivity index (χ2n) is 4.70. The molecule has 0 saturated carbocycles. The van der Waals surface area contributed by atoms with Gasteiger partial charge < -0.3 is 5.32 Å². The molecule has 0 atom stereocenters. The van der Waals surface area contributed by atoms with Crippen molar-refractivity contribution in [2.24, 2.45) is 0 Å². The van der Waals surface area contributed by atoms with E-state index in [1.807, 2.05) is 18.2 Å². The van der Waals surface area contributed by atoms with Crippen molar-refractivity contribution < 1.29 is 8.42 Å². The van der Waals surface area contributed by atoms with E-state index in [1.54, 1.807) is 11.3 Å². The van der Waals surface area contributed by atoms with Gasteiger partial charge in [-0.1, -0.05) is 22.9 Å². The summed E-state index contributed by atoms with van der Waals surface area (Å²) in [6.07, 6.45) is 1.30. The molecule has 1 N–H and O–H groups in total. The molecule has 0 radical (unpaired) electrons. The predicted molar refractivity (Wildman–Crippen MR) is 79.9 cm³/mol. The first-order chi connectivity index (χ1) is 9.02. The highest BCUT2D eigenvalue weighted by molar-refractivity contribution is 7.91. The number of hydrogen-bond acceptors (Lipinski definition) is 5. The van der Waals surface area contributed by atoms with Gasteiger partial charge in [-0.25, -0.2) is 13.4 Å². The molecular weight excluding hydrogens is 304 g/mol. The minimum atomic E-state index is -2.81. The van der Waals surface area contributed by atoms with Crippen molar-refractivity contribution in [3.8, 4) is 0 Å². The summed E-state index contributed by atoms with van der Waals surface area (Å²) in [6, 6.07) is 5.83. The van der Waals surface area contributed by atoms with Gasteiger partial charge in [0.2, 0.25) is 0 Å². The summed E-state index contributed by atoms with van der Waals surface area (Å²) in [5.74, 6) is 0.531. The van der Waals surface area contributed by atoms with Gasteiger partial charge >= 0.3 is 0 Å². The highest BCUT2D eigenvalue weighted by Crippen LogP contribution is 2.29. The fraction of sp³-hybridized carbons (Fsp3) is 0.417. The number of halogens is 1. The third-order valence-electron chi connectivity index (χ3n) is 3.23. The molecule has 1 aromatic carbocycles. The van der Waals surface area contributed by atoms with Crippen LogP contribution in [-0.2, 0) is 9.84 Å². The molecule has 0 amide bonds. The monoisotopic (exact) mass is 316 g/mol. The van der Waals surface area contributed by atoms with E-state index < -0.39 is 9.84 Å². The summed E-state index contributed by atoms with van der Waals surface area (Å²) >= 11 is 7.50. The fourth-order valence-electron chi connectivity index (χ4n) is 2.17. The summed E-state index contributed by atoms with van der Waals surface area (Å²) in [7, 11) is -2.81. The molecule has 0 spiro atoms. The molecule has 1 saturated heterocycles. The summed E-state index contributed by atoms with van der Waals surface area (Å²) in [5, 5.41) is 4.84. The van der Waals surface area contributed by atoms with Crippen molar-refractivity contribution in [2.45, 2.75) is 18.9 Å². The van der Waals surface area contributed by atoms with Crippen LogP contribution >= 0.6 is 22.9 Å². The zero-order chi connectivity index (χ0) is 13.5. The number of nitrogens with zero attached hydrogens (tertiary/aromatic N) is 1. The Morgan fingerprint density at radius 2 is 2.05 bits per heavy atom. The van der Waals surface area contributed by atoms with Crippen molar-refractivity contribution in [3.05, 3.63) is 23.2 Å². The molecule has 1 aliphatic heterocycles. The Bertz CT molecular complexity index is 698. The zero-order valence-electron chi connectivity index (χ0n) is 10.1. The van der Waals surface area contributed by atoms with E-state index in [9.17, 15) is 8.42 Å². The van der Waals surface area contributed by atoms with E-state index >= 15 is 0 Å². The van der Waals surface area contributed by atoms with Gasteiger partial charge in [-0.3, -0.25) is 0 Å². The van der Waals surface area contributed by atoms with Crippen LogP contribution in [0.4, 0.5) is 5.13 Å². The number of thiazole rings is 1. The SMILES string of the molecule is O=S1(=O)CCC(Nc2nc3cc(Cl)ccc3s2)CC1. The van der Waals surface area contributed by atoms with Crippen molar-refractivity contribution in [1.82, 2.24) is 4.98 Å². The Kier molecular flexibility index (Phi) is 3.41. The Morgan fingerprint density at radius 1 is 1.32 bits per heavy atom. The number of fused-ring (bicyclic) bond motifs is 1. The Balaban J connectivity index is 1.75. The lowest BCUT2D eigenvalue weighted by Crippen LogP contribution is -2.32. The van der Waals surface area contributed by atoms with E-state index in [-0.39, 0.29) is 17.5 Å². The number of nitrogens with one attached hydrogen (secondary N) is 1. The maximum Gasteiger partial charge on any atom is 0.184 e. The second kappa shape index (κ2) is 4.92. The number of anilines is 1. The number of sulfone groups is 1. The number of benzene rings is 1. The number of rotatable bonds is 2. The van der Waals surface area contributed by atoms with E-state index in [0.29, 0.717) is 17.9 Å². The normalized spacial score (nSPS) is 19.6. The molecule has 0 unspecified atom stereocenters. The van der Waals surface area contributed by atoms with E-state index in [2.05, 4.69) is 10.3 Å². The average molecular weight is 317 g/mol. The quantitative estimate of drug-likeness (QED) is 0.925. The fourth-order valence-corrected chi connectivity index (χ4v) is 4.75. The maximum atomic E-state index is 11.4. The molecule has 0 bridgehead atoms. The van der Waals surface area contributed by atoms with Crippen LogP contribution in [0, 0.1) is 0 Å². The largest absolute Gasteiger partial charge is 0.359 e. The van der Waals surface area contributed by atoms with Crippen LogP contribution in [0.25, 0.3) is 10.2 Å². The summed E-state index contributed by atoms with van der Waals surface area (Å²) < 4.78 is 23.8. The molecule has 4 nitrogen and oxygen atoms in total. The molecule has 7 heteroatoms. The maximum absolute atomic E-state index is 11.4. The second-order valence-corrected chi connectivity index (χ2v) is 8.47. The van der Waals surface area contributed by atoms with Crippen molar-refractivity contribution >= 4 is 48.1 Å². The van der Waals surface area contributed by atoms with Crippen LogP contribution in [0.2, 0.25) is 5.02 Å². The first-order valence-corrected chi connectivity index (χ1v) is 9.06. The van der Waals surface area contributed by atoms with E-state index in [4.69, 9.17) is 11.6 Å². The Hall–Kier alpha value is -0.850. The lowest BCUT2D eigenvalue weighted by Gasteiger charge is -2.22. The zero-order valence-corrected chi connectivity index (χ0v) is 12.5. The molecule has 1 aromatic heterocycles. The van der Waals surface area contributed by atoms with Crippen molar-refractivity contribution in [2.75, 3.05) is 16.8 Å². The van der Waals surface area contributed by atoms with Gasteiger partial charge in [0, 0.05) is 11.1 Å². The minimum Gasteiger partial charge on any atom is -0.359 e. The molecule has 1 aliphatic rings. The standard InChI is InChI=1S/C12H13ClN2O2S2/c13-8-1-2-11-10(7-8)15-12(18-11)14-9-3-5-19(16,17)6-4-9/h1-2,7,9H,3-6H2,(H,14,15). The Labute approximate surface area is 120 Å². The first kappa shape index (κ1) is 13.1. The first-order valence-electron chi connectivity index (χ1n) is 6.05. The molecule has 0 aliphatic carbocycles. The molecule has 3 rings (SSSR count). The van der Waals surface area contributed by atoms with Crippen molar-refractivity contribution in [1.29, 1.82) is 0 Å². The van der Waals surface area contributed by atoms with Gasteiger partial charge in [0.1, 0.15) is 9.84 Å². The van der Waals surface area contributed by atoms with Gasteiger partial charge in [0.05, 0.1) is 21.7 Å². The average Bonchev–Trinajstić information content (AvgIpc) is 2.73. The molecular formula is C12H13ClN2O2S2. The predicted octanol–water partition coefficient (Wildman–Crippen LogP) is 2.94. The number of hydrogen-bond donors (Lipinski definition) is 1. The number of aromatic nitrogens is 1. The third-order valence-corrected chi connectivity index (χ3v) is 6.15. The van der Waals surface area contributed by atoms with E-state index in [0.717, 1.165) is 15.3 Å². The van der Waals surface area contributed by atoms with Crippen molar-refractivity contribution in [3.63, 3.8) is 0 Å². The van der Waals surface area contributed by atoms with Gasteiger partial charge in [0.25, 0.3) is 0 Å². The molecule has 2 heterocycles. The van der Waals surface area contributed by atoms with Gasteiger partial charge in [-0.05, 0) is 31.0 Å². The summed E-state index contributed by atoms with van der Waals surface area (Å²) in [6.45, 7) is 0.